The molecule has 1 aromatic carbocycles. The zero-order valence-electron chi connectivity index (χ0n) is 14.2. The van der Waals surface area contributed by atoms with Crippen LogP contribution in [-0.4, -0.2) is 29.8 Å². The Morgan fingerprint density at radius 1 is 1.08 bits per heavy atom. The van der Waals surface area contributed by atoms with Gasteiger partial charge in [0.1, 0.15) is 0 Å². The number of carbonyl (C=O) groups excluding carboxylic acids is 2. The molecule has 1 aromatic heterocycles. The molecule has 0 atom stereocenters. The van der Waals surface area contributed by atoms with Crippen molar-refractivity contribution in [1.82, 2.24) is 4.90 Å². The van der Waals surface area contributed by atoms with Gasteiger partial charge in [-0.1, -0.05) is 6.07 Å². The zero-order chi connectivity index (χ0) is 17.4. The smallest absolute Gasteiger partial charge is 0.253 e. The fraction of sp³-hybridized carbons (Fsp3) is 0.368. The van der Waals surface area contributed by atoms with Gasteiger partial charge in [0.25, 0.3) is 5.91 Å². The molecule has 24 heavy (non-hydrogen) atoms. The predicted octanol–water partition coefficient (Wildman–Crippen LogP) is 4.19. The van der Waals surface area contributed by atoms with E-state index in [4.69, 9.17) is 0 Å². The number of nitrogens with one attached hydrogen (secondary N) is 1. The summed E-state index contributed by atoms with van der Waals surface area (Å²) in [6.45, 7) is 5.31. The third kappa shape index (κ3) is 5.20. The summed E-state index contributed by atoms with van der Waals surface area (Å²) >= 11 is 1.72. The highest BCUT2D eigenvalue weighted by Crippen LogP contribution is 2.14. The molecule has 0 fully saturated rings. The van der Waals surface area contributed by atoms with Gasteiger partial charge in [-0.25, -0.2) is 0 Å². The van der Waals surface area contributed by atoms with Gasteiger partial charge in [0.15, 0.2) is 0 Å². The molecule has 0 aliphatic heterocycles. The van der Waals surface area contributed by atoms with Gasteiger partial charge in [-0.05, 0) is 62.4 Å². The number of benzene rings is 1. The van der Waals surface area contributed by atoms with E-state index in [1.165, 1.54) is 4.88 Å². The van der Waals surface area contributed by atoms with Gasteiger partial charge < -0.3 is 10.2 Å². The molecule has 2 aromatic rings. The molecule has 0 aliphatic rings. The third-order valence-electron chi connectivity index (χ3n) is 3.87. The topological polar surface area (TPSA) is 49.4 Å². The number of anilines is 1. The zero-order valence-corrected chi connectivity index (χ0v) is 15.1. The van der Waals surface area contributed by atoms with E-state index in [1.807, 2.05) is 19.9 Å². The Morgan fingerprint density at radius 2 is 1.79 bits per heavy atom. The molecular formula is C19H24N2O2S. The molecule has 0 saturated heterocycles. The minimum absolute atomic E-state index is 0.00868. The second-order valence-electron chi connectivity index (χ2n) is 5.54. The highest BCUT2D eigenvalue weighted by molar-refractivity contribution is 7.09. The molecule has 5 heteroatoms. The van der Waals surface area contributed by atoms with Gasteiger partial charge in [-0.3, -0.25) is 9.59 Å². The van der Waals surface area contributed by atoms with E-state index >= 15 is 0 Å². The molecule has 1 N–H and O–H groups in total. The standard InChI is InChI=1S/C19H24N2O2S/c1-3-21(4-2)19(23)15-10-12-16(13-11-15)20-18(22)9-5-7-17-8-6-14-24-17/h6,8,10-14H,3-5,7,9H2,1-2H3,(H,20,22). The molecule has 4 nitrogen and oxygen atoms in total. The summed E-state index contributed by atoms with van der Waals surface area (Å²) in [6.07, 6.45) is 2.27. The highest BCUT2D eigenvalue weighted by Gasteiger charge is 2.12. The normalized spacial score (nSPS) is 10.4. The number of nitrogens with zero attached hydrogens (tertiary/aromatic N) is 1. The lowest BCUT2D eigenvalue weighted by molar-refractivity contribution is -0.116. The Morgan fingerprint density at radius 3 is 2.38 bits per heavy atom. The first-order valence-corrected chi connectivity index (χ1v) is 9.23. The minimum atomic E-state index is 0.00868. The number of rotatable bonds is 8. The average Bonchev–Trinajstić information content (AvgIpc) is 3.10. The Balaban J connectivity index is 1.82. The first-order valence-electron chi connectivity index (χ1n) is 8.35. The summed E-state index contributed by atoms with van der Waals surface area (Å²) in [5.74, 6) is 0.0307. The van der Waals surface area contributed by atoms with Gasteiger partial charge in [0.2, 0.25) is 5.91 Å². The van der Waals surface area contributed by atoms with Crippen LogP contribution >= 0.6 is 11.3 Å². The van der Waals surface area contributed by atoms with Gasteiger partial charge in [-0.15, -0.1) is 11.3 Å². The van der Waals surface area contributed by atoms with Crippen LogP contribution in [0.25, 0.3) is 0 Å². The van der Waals surface area contributed by atoms with Crippen molar-refractivity contribution < 1.29 is 9.59 Å². The first kappa shape index (κ1) is 18.2. The highest BCUT2D eigenvalue weighted by atomic mass is 32.1. The molecular weight excluding hydrogens is 320 g/mol. The van der Waals surface area contributed by atoms with E-state index in [2.05, 4.69) is 16.8 Å². The van der Waals surface area contributed by atoms with Crippen molar-refractivity contribution in [2.24, 2.45) is 0 Å². The monoisotopic (exact) mass is 344 g/mol. The van der Waals surface area contributed by atoms with Crippen LogP contribution in [0, 0.1) is 0 Å². The van der Waals surface area contributed by atoms with E-state index in [0.717, 1.165) is 18.5 Å². The molecule has 2 rings (SSSR count). The van der Waals surface area contributed by atoms with E-state index < -0.39 is 0 Å². The fourth-order valence-corrected chi connectivity index (χ4v) is 3.24. The fourth-order valence-electron chi connectivity index (χ4n) is 2.49. The second-order valence-corrected chi connectivity index (χ2v) is 6.57. The largest absolute Gasteiger partial charge is 0.339 e. The summed E-state index contributed by atoms with van der Waals surface area (Å²) in [4.78, 5) is 27.3. The van der Waals surface area contributed by atoms with E-state index in [0.29, 0.717) is 25.1 Å². The van der Waals surface area contributed by atoms with E-state index in [-0.39, 0.29) is 11.8 Å². The lowest BCUT2D eigenvalue weighted by Gasteiger charge is -2.18. The van der Waals surface area contributed by atoms with Crippen molar-refractivity contribution in [3.05, 3.63) is 52.2 Å². The number of aryl methyl sites for hydroxylation is 1. The van der Waals surface area contributed by atoms with Crippen LogP contribution in [0.15, 0.2) is 41.8 Å². The van der Waals surface area contributed by atoms with Crippen LogP contribution in [-0.2, 0) is 11.2 Å². The number of amides is 2. The number of hydrogen-bond acceptors (Lipinski definition) is 3. The van der Waals surface area contributed by atoms with Gasteiger partial charge in [-0.2, -0.15) is 0 Å². The third-order valence-corrected chi connectivity index (χ3v) is 4.81. The summed E-state index contributed by atoms with van der Waals surface area (Å²) in [6, 6.07) is 11.2. The minimum Gasteiger partial charge on any atom is -0.339 e. The summed E-state index contributed by atoms with van der Waals surface area (Å²) in [7, 11) is 0. The Kier molecular flexibility index (Phi) is 7.00. The maximum atomic E-state index is 12.2. The molecule has 0 bridgehead atoms. The lowest BCUT2D eigenvalue weighted by Crippen LogP contribution is -2.30. The van der Waals surface area contributed by atoms with Crippen LogP contribution in [0.1, 0.15) is 41.9 Å². The van der Waals surface area contributed by atoms with Gasteiger partial charge in [0.05, 0.1) is 0 Å². The number of thiophene rings is 1. The molecule has 0 radical (unpaired) electrons. The molecule has 0 unspecified atom stereocenters. The van der Waals surface area contributed by atoms with Crippen molar-refractivity contribution >= 4 is 28.8 Å². The van der Waals surface area contributed by atoms with E-state index in [1.54, 1.807) is 40.5 Å². The van der Waals surface area contributed by atoms with E-state index in [9.17, 15) is 9.59 Å². The molecule has 0 aliphatic carbocycles. The van der Waals surface area contributed by atoms with Gasteiger partial charge in [0, 0.05) is 35.6 Å². The molecule has 0 spiro atoms. The van der Waals surface area contributed by atoms with Crippen LogP contribution < -0.4 is 5.32 Å². The maximum absolute atomic E-state index is 12.2. The Hall–Kier alpha value is -2.14. The van der Waals surface area contributed by atoms with Crippen LogP contribution in [0.2, 0.25) is 0 Å². The molecule has 0 saturated carbocycles. The number of carbonyl (C=O) groups is 2. The molecule has 2 amide bonds. The van der Waals surface area contributed by atoms with Gasteiger partial charge >= 0.3 is 0 Å². The summed E-state index contributed by atoms with van der Waals surface area (Å²) < 4.78 is 0. The van der Waals surface area contributed by atoms with Crippen LogP contribution in [0.3, 0.4) is 0 Å². The summed E-state index contributed by atoms with van der Waals surface area (Å²) in [5, 5.41) is 4.94. The average molecular weight is 344 g/mol. The van der Waals surface area contributed by atoms with Crippen molar-refractivity contribution in [2.75, 3.05) is 18.4 Å². The van der Waals surface area contributed by atoms with Crippen molar-refractivity contribution in [3.8, 4) is 0 Å². The van der Waals surface area contributed by atoms with Crippen LogP contribution in [0.4, 0.5) is 5.69 Å². The van der Waals surface area contributed by atoms with Crippen molar-refractivity contribution in [3.63, 3.8) is 0 Å². The predicted molar refractivity (Wildman–Crippen MR) is 99.6 cm³/mol. The molecule has 1 heterocycles. The number of hydrogen-bond donors (Lipinski definition) is 1. The Labute approximate surface area is 147 Å². The lowest BCUT2D eigenvalue weighted by atomic mass is 10.1. The quantitative estimate of drug-likeness (QED) is 0.780. The van der Waals surface area contributed by atoms with Crippen LogP contribution in [0.5, 0.6) is 0 Å². The maximum Gasteiger partial charge on any atom is 0.253 e. The first-order chi connectivity index (χ1) is 11.6. The second kappa shape index (κ2) is 9.23. The summed E-state index contributed by atoms with van der Waals surface area (Å²) in [5.41, 5.74) is 1.38. The van der Waals surface area contributed by atoms with Crippen molar-refractivity contribution in [1.29, 1.82) is 0 Å². The Bertz CT molecular complexity index is 647. The SMILES string of the molecule is CCN(CC)C(=O)c1ccc(NC(=O)CCCc2cccs2)cc1. The van der Waals surface area contributed by atoms with Crippen molar-refractivity contribution in [2.45, 2.75) is 33.1 Å². The molecule has 128 valence electrons.